The minimum absolute atomic E-state index is 0.142. The lowest BCUT2D eigenvalue weighted by atomic mass is 10.2. The standard InChI is InChI=1S/C17H13ClN2OS/c18-14-4-1-3-13(10-14)17(21)20-11-12-6-7-19-15(9-12)16-5-2-8-22-16/h1-10H,11H2,(H,20,21). The lowest BCUT2D eigenvalue weighted by Gasteiger charge is -2.07. The van der Waals surface area contributed by atoms with Gasteiger partial charge in [0, 0.05) is 23.3 Å². The van der Waals surface area contributed by atoms with Crippen molar-refractivity contribution in [3.63, 3.8) is 0 Å². The fourth-order valence-electron chi connectivity index (χ4n) is 2.06. The second kappa shape index (κ2) is 6.73. The highest BCUT2D eigenvalue weighted by atomic mass is 35.5. The van der Waals surface area contributed by atoms with E-state index in [4.69, 9.17) is 11.6 Å². The van der Waals surface area contributed by atoms with Crippen LogP contribution in [0.2, 0.25) is 5.02 Å². The number of halogens is 1. The van der Waals surface area contributed by atoms with Crippen molar-refractivity contribution >= 4 is 28.8 Å². The molecular weight excluding hydrogens is 316 g/mol. The number of rotatable bonds is 4. The summed E-state index contributed by atoms with van der Waals surface area (Å²) in [5, 5.41) is 5.46. The summed E-state index contributed by atoms with van der Waals surface area (Å²) in [5.41, 5.74) is 2.48. The van der Waals surface area contributed by atoms with Gasteiger partial charge < -0.3 is 5.32 Å². The molecule has 1 aromatic carbocycles. The molecule has 0 unspecified atom stereocenters. The molecule has 0 bridgehead atoms. The van der Waals surface area contributed by atoms with Crippen LogP contribution < -0.4 is 5.32 Å². The zero-order valence-electron chi connectivity index (χ0n) is 11.6. The topological polar surface area (TPSA) is 42.0 Å². The van der Waals surface area contributed by atoms with Crippen LogP contribution >= 0.6 is 22.9 Å². The van der Waals surface area contributed by atoms with Gasteiger partial charge in [-0.15, -0.1) is 11.3 Å². The molecule has 22 heavy (non-hydrogen) atoms. The van der Waals surface area contributed by atoms with Gasteiger partial charge in [-0.3, -0.25) is 9.78 Å². The van der Waals surface area contributed by atoms with E-state index in [1.165, 1.54) is 0 Å². The van der Waals surface area contributed by atoms with Crippen molar-refractivity contribution in [2.24, 2.45) is 0 Å². The molecule has 2 heterocycles. The molecule has 2 aromatic heterocycles. The molecule has 0 aliphatic rings. The first-order valence-corrected chi connectivity index (χ1v) is 8.01. The fourth-order valence-corrected chi connectivity index (χ4v) is 2.94. The fraction of sp³-hybridized carbons (Fsp3) is 0.0588. The SMILES string of the molecule is O=C(NCc1ccnc(-c2cccs2)c1)c1cccc(Cl)c1. The summed E-state index contributed by atoms with van der Waals surface area (Å²) in [6.07, 6.45) is 1.76. The molecule has 1 N–H and O–H groups in total. The lowest BCUT2D eigenvalue weighted by molar-refractivity contribution is 0.0951. The van der Waals surface area contributed by atoms with Crippen molar-refractivity contribution in [1.29, 1.82) is 0 Å². The molecule has 0 spiro atoms. The van der Waals surface area contributed by atoms with Crippen molar-refractivity contribution in [3.05, 3.63) is 76.3 Å². The monoisotopic (exact) mass is 328 g/mol. The molecule has 3 nitrogen and oxygen atoms in total. The molecule has 3 rings (SSSR count). The second-order valence-electron chi connectivity index (χ2n) is 4.72. The number of hydrogen-bond donors (Lipinski definition) is 1. The quantitative estimate of drug-likeness (QED) is 0.771. The van der Waals surface area contributed by atoms with E-state index < -0.39 is 0 Å². The molecule has 0 aliphatic heterocycles. The first-order chi connectivity index (χ1) is 10.7. The Morgan fingerprint density at radius 3 is 2.86 bits per heavy atom. The predicted molar refractivity (Wildman–Crippen MR) is 90.2 cm³/mol. The Balaban J connectivity index is 1.69. The molecule has 110 valence electrons. The smallest absolute Gasteiger partial charge is 0.251 e. The Kier molecular flexibility index (Phi) is 4.51. The van der Waals surface area contributed by atoms with Crippen LogP contribution in [0.15, 0.2) is 60.1 Å². The molecule has 0 saturated carbocycles. The first kappa shape index (κ1) is 14.8. The van der Waals surface area contributed by atoms with E-state index in [2.05, 4.69) is 10.3 Å². The number of hydrogen-bond acceptors (Lipinski definition) is 3. The summed E-state index contributed by atoms with van der Waals surface area (Å²) in [6, 6.07) is 14.8. The molecule has 5 heteroatoms. The summed E-state index contributed by atoms with van der Waals surface area (Å²) in [6.45, 7) is 0.451. The van der Waals surface area contributed by atoms with E-state index >= 15 is 0 Å². The third-order valence-corrected chi connectivity index (χ3v) is 4.27. The van der Waals surface area contributed by atoms with Crippen LogP contribution in [0.5, 0.6) is 0 Å². The van der Waals surface area contributed by atoms with E-state index in [9.17, 15) is 4.79 Å². The molecule has 0 fully saturated rings. The van der Waals surface area contributed by atoms with Gasteiger partial charge in [0.2, 0.25) is 0 Å². The maximum absolute atomic E-state index is 12.1. The number of nitrogens with zero attached hydrogens (tertiary/aromatic N) is 1. The van der Waals surface area contributed by atoms with Crippen molar-refractivity contribution in [2.45, 2.75) is 6.54 Å². The van der Waals surface area contributed by atoms with Gasteiger partial charge >= 0.3 is 0 Å². The minimum atomic E-state index is -0.142. The van der Waals surface area contributed by atoms with E-state index in [-0.39, 0.29) is 5.91 Å². The summed E-state index contributed by atoms with van der Waals surface area (Å²) in [5.74, 6) is -0.142. The Hall–Kier alpha value is -2.17. The molecule has 3 aromatic rings. The first-order valence-electron chi connectivity index (χ1n) is 6.75. The number of aromatic nitrogens is 1. The highest BCUT2D eigenvalue weighted by Gasteiger charge is 2.07. The minimum Gasteiger partial charge on any atom is -0.348 e. The van der Waals surface area contributed by atoms with Gasteiger partial charge in [0.15, 0.2) is 0 Å². The predicted octanol–water partition coefficient (Wildman–Crippen LogP) is 4.39. The Labute approximate surface area is 137 Å². The number of carbonyl (C=O) groups is 1. The number of nitrogens with one attached hydrogen (secondary N) is 1. The highest BCUT2D eigenvalue weighted by Crippen LogP contribution is 2.23. The second-order valence-corrected chi connectivity index (χ2v) is 6.10. The summed E-state index contributed by atoms with van der Waals surface area (Å²) in [4.78, 5) is 17.6. The third-order valence-electron chi connectivity index (χ3n) is 3.14. The number of thiophene rings is 1. The maximum Gasteiger partial charge on any atom is 0.251 e. The van der Waals surface area contributed by atoms with Gasteiger partial charge in [0.25, 0.3) is 5.91 Å². The van der Waals surface area contributed by atoms with Gasteiger partial charge in [-0.05, 0) is 47.3 Å². The number of pyridine rings is 1. The normalized spacial score (nSPS) is 10.4. The van der Waals surface area contributed by atoms with Gasteiger partial charge in [-0.25, -0.2) is 0 Å². The lowest BCUT2D eigenvalue weighted by Crippen LogP contribution is -2.22. The summed E-state index contributed by atoms with van der Waals surface area (Å²) in [7, 11) is 0. The van der Waals surface area contributed by atoms with Gasteiger partial charge in [0.1, 0.15) is 0 Å². The van der Waals surface area contributed by atoms with Crippen LogP contribution in [0, 0.1) is 0 Å². The number of benzene rings is 1. The molecule has 0 radical (unpaired) electrons. The largest absolute Gasteiger partial charge is 0.348 e. The van der Waals surface area contributed by atoms with Crippen LogP contribution in [0.3, 0.4) is 0 Å². The van der Waals surface area contributed by atoms with E-state index in [0.29, 0.717) is 17.1 Å². The summed E-state index contributed by atoms with van der Waals surface area (Å²) >= 11 is 7.54. The van der Waals surface area contributed by atoms with Crippen molar-refractivity contribution in [1.82, 2.24) is 10.3 Å². The van der Waals surface area contributed by atoms with Crippen molar-refractivity contribution in [3.8, 4) is 10.6 Å². The third kappa shape index (κ3) is 3.53. The zero-order valence-corrected chi connectivity index (χ0v) is 13.2. The van der Waals surface area contributed by atoms with Crippen LogP contribution in [0.1, 0.15) is 15.9 Å². The van der Waals surface area contributed by atoms with Crippen molar-refractivity contribution in [2.75, 3.05) is 0 Å². The zero-order chi connectivity index (χ0) is 15.4. The van der Waals surface area contributed by atoms with Crippen molar-refractivity contribution < 1.29 is 4.79 Å². The van der Waals surface area contributed by atoms with Gasteiger partial charge in [-0.2, -0.15) is 0 Å². The van der Waals surface area contributed by atoms with E-state index in [1.807, 2.05) is 29.6 Å². The van der Waals surface area contributed by atoms with Crippen LogP contribution in [-0.2, 0) is 6.54 Å². The number of carbonyl (C=O) groups excluding carboxylic acids is 1. The highest BCUT2D eigenvalue weighted by molar-refractivity contribution is 7.13. The molecule has 1 amide bonds. The Morgan fingerprint density at radius 1 is 1.18 bits per heavy atom. The van der Waals surface area contributed by atoms with Crippen LogP contribution in [0.25, 0.3) is 10.6 Å². The van der Waals surface area contributed by atoms with E-state index in [0.717, 1.165) is 16.1 Å². The molecule has 0 atom stereocenters. The van der Waals surface area contributed by atoms with Gasteiger partial charge in [0.05, 0.1) is 10.6 Å². The maximum atomic E-state index is 12.1. The molecular formula is C17H13ClN2OS. The molecule has 0 saturated heterocycles. The average Bonchev–Trinajstić information content (AvgIpc) is 3.07. The summed E-state index contributed by atoms with van der Waals surface area (Å²) < 4.78 is 0. The van der Waals surface area contributed by atoms with E-state index in [1.54, 1.807) is 41.8 Å². The Morgan fingerprint density at radius 2 is 2.09 bits per heavy atom. The molecule has 0 aliphatic carbocycles. The Bertz CT molecular complexity index is 787. The average molecular weight is 329 g/mol. The number of amides is 1. The van der Waals surface area contributed by atoms with Crippen LogP contribution in [0.4, 0.5) is 0 Å². The van der Waals surface area contributed by atoms with Gasteiger partial charge in [-0.1, -0.05) is 23.7 Å². The van der Waals surface area contributed by atoms with Crippen LogP contribution in [-0.4, -0.2) is 10.9 Å².